The molecule has 17 heavy (non-hydrogen) atoms. The quantitative estimate of drug-likeness (QED) is 0.625. The number of nitrogens with zero attached hydrogens (tertiary/aromatic N) is 2. The molecular weight excluding hydrogens is 252 g/mol. The van der Waals surface area contributed by atoms with E-state index < -0.39 is 21.2 Å². The van der Waals surface area contributed by atoms with Crippen LogP contribution >= 0.6 is 0 Å². The third-order valence-electron chi connectivity index (χ3n) is 1.79. The van der Waals surface area contributed by atoms with Gasteiger partial charge >= 0.3 is 12.0 Å². The molecule has 0 fully saturated rings. The molecule has 1 aromatic rings. The highest BCUT2D eigenvalue weighted by molar-refractivity contribution is 7.94. The van der Waals surface area contributed by atoms with E-state index in [2.05, 4.69) is 15.2 Å². The number of aliphatic carboxylic acids is 1. The van der Waals surface area contributed by atoms with E-state index in [0.717, 1.165) is 6.92 Å². The molecule has 0 aromatic carbocycles. The Kier molecular flexibility index (Phi) is 3.89. The van der Waals surface area contributed by atoms with E-state index in [0.29, 0.717) is 6.61 Å². The molecule has 0 aliphatic carbocycles. The summed E-state index contributed by atoms with van der Waals surface area (Å²) in [7, 11) is -4.05. The van der Waals surface area contributed by atoms with Gasteiger partial charge in [-0.3, -0.25) is 9.52 Å². The molecular formula is C7H12N4O5S. The third kappa shape index (κ3) is 3.31. The first kappa shape index (κ1) is 13.2. The molecule has 3 N–H and O–H groups in total. The zero-order valence-corrected chi connectivity index (χ0v) is 9.98. The summed E-state index contributed by atoms with van der Waals surface area (Å²) in [4.78, 5) is 14.2. The van der Waals surface area contributed by atoms with Gasteiger partial charge in [-0.15, -0.1) is 5.10 Å². The average Bonchev–Trinajstić information content (AvgIpc) is 2.64. The Labute approximate surface area is 97.3 Å². The van der Waals surface area contributed by atoms with Crippen LogP contribution in [-0.4, -0.2) is 46.5 Å². The van der Waals surface area contributed by atoms with Crippen LogP contribution < -0.4 is 9.46 Å². The van der Waals surface area contributed by atoms with Crippen LogP contribution in [0.15, 0.2) is 0 Å². The van der Waals surface area contributed by atoms with Gasteiger partial charge in [-0.25, -0.2) is 13.5 Å². The zero-order chi connectivity index (χ0) is 13.1. The monoisotopic (exact) mass is 264 g/mol. The highest BCUT2D eigenvalue weighted by atomic mass is 32.2. The Balaban J connectivity index is 2.79. The van der Waals surface area contributed by atoms with Crippen LogP contribution in [0.25, 0.3) is 0 Å². The van der Waals surface area contributed by atoms with Gasteiger partial charge in [-0.05, 0) is 13.8 Å². The molecule has 1 heterocycles. The Bertz CT molecular complexity index is 496. The number of rotatable bonds is 6. The van der Waals surface area contributed by atoms with Crippen LogP contribution in [0.3, 0.4) is 0 Å². The molecule has 96 valence electrons. The van der Waals surface area contributed by atoms with Crippen molar-refractivity contribution < 1.29 is 23.1 Å². The Morgan fingerprint density at radius 3 is 2.82 bits per heavy atom. The molecule has 0 radical (unpaired) electrons. The van der Waals surface area contributed by atoms with E-state index >= 15 is 0 Å². The lowest BCUT2D eigenvalue weighted by Gasteiger charge is -2.07. The third-order valence-corrected chi connectivity index (χ3v) is 3.40. The molecule has 0 aliphatic heterocycles. The molecule has 1 aromatic heterocycles. The van der Waals surface area contributed by atoms with Gasteiger partial charge in [0, 0.05) is 0 Å². The van der Waals surface area contributed by atoms with Crippen molar-refractivity contribution in [3.05, 3.63) is 0 Å². The second-order valence-electron chi connectivity index (χ2n) is 3.03. The molecule has 0 amide bonds. The summed E-state index contributed by atoms with van der Waals surface area (Å²) in [6.45, 7) is 3.09. The van der Waals surface area contributed by atoms with Gasteiger partial charge in [0.1, 0.15) is 0 Å². The number of ether oxygens (including phenoxy) is 1. The number of carboxylic acid groups (broad SMARTS) is 1. The first-order valence-corrected chi connectivity index (χ1v) is 6.21. The first-order chi connectivity index (χ1) is 7.86. The molecule has 0 saturated carbocycles. The lowest BCUT2D eigenvalue weighted by Crippen LogP contribution is -2.32. The van der Waals surface area contributed by atoms with E-state index in [-0.39, 0.29) is 12.0 Å². The summed E-state index contributed by atoms with van der Waals surface area (Å²) >= 11 is 0. The van der Waals surface area contributed by atoms with Crippen molar-refractivity contribution in [1.29, 1.82) is 0 Å². The zero-order valence-electron chi connectivity index (χ0n) is 9.17. The van der Waals surface area contributed by atoms with Crippen molar-refractivity contribution in [2.45, 2.75) is 19.1 Å². The number of carboxylic acids is 1. The topological polar surface area (TPSA) is 134 Å². The molecule has 10 heteroatoms. The lowest BCUT2D eigenvalue weighted by molar-refractivity contribution is -0.136. The normalized spacial score (nSPS) is 13.1. The highest BCUT2D eigenvalue weighted by Gasteiger charge is 2.28. The second-order valence-corrected chi connectivity index (χ2v) is 5.03. The number of hydrogen-bond acceptors (Lipinski definition) is 6. The lowest BCUT2D eigenvalue weighted by atomic mass is 10.5. The minimum Gasteiger partial charge on any atom is -0.480 e. The summed E-state index contributed by atoms with van der Waals surface area (Å²) in [6.07, 6.45) is 0. The van der Waals surface area contributed by atoms with Crippen LogP contribution in [-0.2, 0) is 14.8 Å². The SMILES string of the molecule is CCOc1n[nH]c(NS(=O)(=O)C(C)C(=O)O)n1. The molecule has 1 atom stereocenters. The van der Waals surface area contributed by atoms with Gasteiger partial charge in [0.05, 0.1) is 6.61 Å². The van der Waals surface area contributed by atoms with Gasteiger partial charge in [0.25, 0.3) is 0 Å². The van der Waals surface area contributed by atoms with E-state index in [1.165, 1.54) is 0 Å². The fourth-order valence-electron chi connectivity index (χ4n) is 0.842. The molecule has 0 saturated heterocycles. The summed E-state index contributed by atoms with van der Waals surface area (Å²) in [5, 5.41) is 12.8. The molecule has 0 spiro atoms. The van der Waals surface area contributed by atoms with Crippen molar-refractivity contribution in [3.8, 4) is 6.01 Å². The van der Waals surface area contributed by atoms with Crippen molar-refractivity contribution in [1.82, 2.24) is 15.2 Å². The Hall–Kier alpha value is -1.84. The maximum Gasteiger partial charge on any atom is 0.337 e. The predicted molar refractivity (Wildman–Crippen MR) is 57.2 cm³/mol. The number of sulfonamides is 1. The molecule has 1 rings (SSSR count). The van der Waals surface area contributed by atoms with Gasteiger partial charge in [-0.1, -0.05) is 0 Å². The molecule has 0 bridgehead atoms. The van der Waals surface area contributed by atoms with Gasteiger partial charge in [0.15, 0.2) is 5.25 Å². The number of anilines is 1. The molecule has 0 aliphatic rings. The Morgan fingerprint density at radius 2 is 2.29 bits per heavy atom. The standard InChI is InChI=1S/C7H12N4O5S/c1-3-16-7-8-6(9-10-7)11-17(14,15)4(2)5(12)13/h4H,3H2,1-2H3,(H,12,13)(H2,8,9,10,11). The predicted octanol–water partition coefficient (Wildman–Crippen LogP) is -0.582. The van der Waals surface area contributed by atoms with Crippen LogP contribution in [0.5, 0.6) is 6.01 Å². The van der Waals surface area contributed by atoms with E-state index in [1.807, 2.05) is 4.72 Å². The van der Waals surface area contributed by atoms with Crippen molar-refractivity contribution in [2.75, 3.05) is 11.3 Å². The first-order valence-electron chi connectivity index (χ1n) is 4.66. The number of nitrogens with one attached hydrogen (secondary N) is 2. The van der Waals surface area contributed by atoms with Gasteiger partial charge < -0.3 is 9.84 Å². The van der Waals surface area contributed by atoms with Crippen molar-refractivity contribution >= 4 is 21.9 Å². The summed E-state index contributed by atoms with van der Waals surface area (Å²) in [6, 6.07) is -0.0202. The summed E-state index contributed by atoms with van der Waals surface area (Å²) in [5.41, 5.74) is 0. The van der Waals surface area contributed by atoms with Crippen molar-refractivity contribution in [3.63, 3.8) is 0 Å². The largest absolute Gasteiger partial charge is 0.480 e. The van der Waals surface area contributed by atoms with Gasteiger partial charge in [-0.2, -0.15) is 4.98 Å². The van der Waals surface area contributed by atoms with E-state index in [1.54, 1.807) is 6.92 Å². The second kappa shape index (κ2) is 4.99. The Morgan fingerprint density at radius 1 is 1.65 bits per heavy atom. The fourth-order valence-corrected chi connectivity index (χ4v) is 1.64. The molecule has 1 unspecified atom stereocenters. The number of aromatic nitrogens is 3. The van der Waals surface area contributed by atoms with Crippen LogP contribution in [0.2, 0.25) is 0 Å². The maximum atomic E-state index is 11.5. The summed E-state index contributed by atoms with van der Waals surface area (Å²) in [5.74, 6) is -1.65. The maximum absolute atomic E-state index is 11.5. The number of aromatic amines is 1. The van der Waals surface area contributed by atoms with Crippen LogP contribution in [0.4, 0.5) is 5.95 Å². The van der Waals surface area contributed by atoms with E-state index in [4.69, 9.17) is 9.84 Å². The average molecular weight is 264 g/mol. The molecule has 9 nitrogen and oxygen atoms in total. The number of H-pyrrole nitrogens is 1. The number of hydrogen-bond donors (Lipinski definition) is 3. The minimum absolute atomic E-state index is 0.0202. The van der Waals surface area contributed by atoms with Gasteiger partial charge in [0.2, 0.25) is 16.0 Å². The van der Waals surface area contributed by atoms with Crippen LogP contribution in [0.1, 0.15) is 13.8 Å². The smallest absolute Gasteiger partial charge is 0.337 e. The number of carbonyl (C=O) groups is 1. The van der Waals surface area contributed by atoms with Crippen molar-refractivity contribution in [2.24, 2.45) is 0 Å². The highest BCUT2D eigenvalue weighted by Crippen LogP contribution is 2.10. The fraction of sp³-hybridized carbons (Fsp3) is 0.571. The van der Waals surface area contributed by atoms with Crippen LogP contribution in [0, 0.1) is 0 Å². The summed E-state index contributed by atoms with van der Waals surface area (Å²) < 4.78 is 29.8. The van der Waals surface area contributed by atoms with E-state index in [9.17, 15) is 13.2 Å². The minimum atomic E-state index is -4.05.